The maximum Gasteiger partial charge on any atom is 0.133 e. The summed E-state index contributed by atoms with van der Waals surface area (Å²) in [6.07, 6.45) is 0. The second-order valence-corrected chi connectivity index (χ2v) is 2.76. The van der Waals surface area contributed by atoms with Crippen LogP contribution in [0, 0.1) is 5.82 Å². The monoisotopic (exact) mass is 175 g/mol. The van der Waals surface area contributed by atoms with Gasteiger partial charge >= 0.3 is 0 Å². The molecule has 1 aromatic carbocycles. The molecule has 1 rings (SSSR count). The fourth-order valence-corrected chi connectivity index (χ4v) is 1.04. The zero-order valence-corrected chi connectivity index (χ0v) is 6.10. The lowest BCUT2D eigenvalue weighted by Crippen LogP contribution is -1.89. The van der Waals surface area contributed by atoms with Gasteiger partial charge in [0.25, 0.3) is 0 Å². The first-order chi connectivity index (χ1) is 5.11. The molecule has 60 valence electrons. The van der Waals surface area contributed by atoms with Gasteiger partial charge in [0.05, 0.1) is 4.90 Å². The van der Waals surface area contributed by atoms with Gasteiger partial charge in [-0.3, -0.25) is 4.21 Å². The maximum absolute atomic E-state index is 12.2. The van der Waals surface area contributed by atoms with Gasteiger partial charge in [-0.2, -0.15) is 0 Å². The van der Waals surface area contributed by atoms with Gasteiger partial charge in [-0.05, 0) is 23.2 Å². The molecule has 0 amide bonds. The van der Waals surface area contributed by atoms with Crippen molar-refractivity contribution in [2.24, 2.45) is 0 Å². The summed E-state index contributed by atoms with van der Waals surface area (Å²) < 4.78 is 32.8. The summed E-state index contributed by atoms with van der Waals surface area (Å²) in [5, 5.41) is 8.83. The standard InChI is InChI=1S/C6H5FO3S/c7-4-1-2-6(11(9)10)5(8)3-4/h1-3,8H,(H,9,10)/p-1. The van der Waals surface area contributed by atoms with Crippen molar-refractivity contribution in [1.29, 1.82) is 0 Å². The molecule has 0 aromatic heterocycles. The Balaban J connectivity index is 3.20. The minimum Gasteiger partial charge on any atom is -0.768 e. The Morgan fingerprint density at radius 1 is 1.55 bits per heavy atom. The number of aromatic hydroxyl groups is 1. The second-order valence-electron chi connectivity index (χ2n) is 1.85. The van der Waals surface area contributed by atoms with Crippen molar-refractivity contribution in [3.05, 3.63) is 24.0 Å². The van der Waals surface area contributed by atoms with Gasteiger partial charge in [-0.15, -0.1) is 0 Å². The van der Waals surface area contributed by atoms with Gasteiger partial charge in [0.1, 0.15) is 11.6 Å². The first kappa shape index (κ1) is 8.16. The highest BCUT2D eigenvalue weighted by Gasteiger charge is 2.01. The molecular formula is C6H4FO3S-. The third-order valence-corrected chi connectivity index (χ3v) is 1.80. The van der Waals surface area contributed by atoms with E-state index in [2.05, 4.69) is 0 Å². The van der Waals surface area contributed by atoms with Crippen LogP contribution in [0.2, 0.25) is 0 Å². The van der Waals surface area contributed by atoms with Gasteiger partial charge < -0.3 is 9.66 Å². The van der Waals surface area contributed by atoms with E-state index in [-0.39, 0.29) is 4.90 Å². The number of hydrogen-bond donors (Lipinski definition) is 1. The van der Waals surface area contributed by atoms with Crippen molar-refractivity contribution < 1.29 is 18.3 Å². The first-order valence-electron chi connectivity index (χ1n) is 2.69. The zero-order valence-electron chi connectivity index (χ0n) is 5.28. The van der Waals surface area contributed by atoms with Crippen molar-refractivity contribution in [1.82, 2.24) is 0 Å². The molecule has 0 saturated heterocycles. The number of phenolic OH excluding ortho intramolecular Hbond substituents is 1. The highest BCUT2D eigenvalue weighted by molar-refractivity contribution is 7.79. The molecule has 0 aliphatic rings. The Hall–Kier alpha value is -0.940. The van der Waals surface area contributed by atoms with Crippen LogP contribution in [0.15, 0.2) is 23.1 Å². The number of phenols is 1. The lowest BCUT2D eigenvalue weighted by atomic mass is 10.3. The van der Waals surface area contributed by atoms with Crippen molar-refractivity contribution in [2.75, 3.05) is 0 Å². The van der Waals surface area contributed by atoms with Crippen molar-refractivity contribution in [3.8, 4) is 5.75 Å². The Bertz CT molecular complexity index is 300. The zero-order chi connectivity index (χ0) is 8.43. The van der Waals surface area contributed by atoms with E-state index >= 15 is 0 Å². The average Bonchev–Trinajstić information content (AvgIpc) is 1.85. The van der Waals surface area contributed by atoms with Crippen LogP contribution >= 0.6 is 0 Å². The fraction of sp³-hybridized carbons (Fsp3) is 0. The predicted octanol–water partition coefficient (Wildman–Crippen LogP) is 0.769. The summed E-state index contributed by atoms with van der Waals surface area (Å²) in [7, 11) is 0. The molecule has 3 nitrogen and oxygen atoms in total. The van der Waals surface area contributed by atoms with Gasteiger partial charge in [0.15, 0.2) is 0 Å². The van der Waals surface area contributed by atoms with E-state index in [1.165, 1.54) is 0 Å². The van der Waals surface area contributed by atoms with E-state index in [9.17, 15) is 13.2 Å². The summed E-state index contributed by atoms with van der Waals surface area (Å²) in [6, 6.07) is 2.70. The maximum atomic E-state index is 12.2. The van der Waals surface area contributed by atoms with Gasteiger partial charge in [0, 0.05) is 6.07 Å². The van der Waals surface area contributed by atoms with E-state index < -0.39 is 22.6 Å². The fourth-order valence-electron chi connectivity index (χ4n) is 0.631. The Morgan fingerprint density at radius 3 is 2.64 bits per heavy atom. The third kappa shape index (κ3) is 1.75. The molecule has 1 aromatic rings. The van der Waals surface area contributed by atoms with Crippen LogP contribution < -0.4 is 0 Å². The highest BCUT2D eigenvalue weighted by Crippen LogP contribution is 2.20. The Morgan fingerprint density at radius 2 is 2.18 bits per heavy atom. The third-order valence-electron chi connectivity index (χ3n) is 1.10. The summed E-state index contributed by atoms with van der Waals surface area (Å²) in [5.41, 5.74) is 0. The molecular weight excluding hydrogens is 171 g/mol. The molecule has 1 atom stereocenters. The lowest BCUT2D eigenvalue weighted by molar-refractivity contribution is 0.449. The van der Waals surface area contributed by atoms with Crippen LogP contribution in [-0.4, -0.2) is 13.9 Å². The molecule has 0 radical (unpaired) electrons. The van der Waals surface area contributed by atoms with E-state index in [4.69, 9.17) is 5.11 Å². The van der Waals surface area contributed by atoms with Crippen molar-refractivity contribution in [2.45, 2.75) is 4.90 Å². The van der Waals surface area contributed by atoms with Crippen LogP contribution in [0.4, 0.5) is 4.39 Å². The minimum atomic E-state index is -2.52. The summed E-state index contributed by atoms with van der Waals surface area (Å²) in [5.74, 6) is -1.24. The molecule has 1 unspecified atom stereocenters. The summed E-state index contributed by atoms with van der Waals surface area (Å²) in [6.45, 7) is 0. The molecule has 0 spiro atoms. The van der Waals surface area contributed by atoms with Crippen LogP contribution in [0.5, 0.6) is 5.75 Å². The number of hydrogen-bond acceptors (Lipinski definition) is 3. The highest BCUT2D eigenvalue weighted by atomic mass is 32.2. The Labute approximate surface area is 64.8 Å². The molecule has 0 saturated carbocycles. The summed E-state index contributed by atoms with van der Waals surface area (Å²) >= 11 is -2.52. The number of halogens is 1. The van der Waals surface area contributed by atoms with Gasteiger partial charge in [-0.1, -0.05) is 0 Å². The molecule has 5 heteroatoms. The molecule has 0 fully saturated rings. The topological polar surface area (TPSA) is 60.4 Å². The molecule has 0 aliphatic carbocycles. The smallest absolute Gasteiger partial charge is 0.133 e. The summed E-state index contributed by atoms with van der Waals surface area (Å²) in [4.78, 5) is -0.300. The SMILES string of the molecule is O=S([O-])c1ccc(F)cc1O. The van der Waals surface area contributed by atoms with Crippen molar-refractivity contribution >= 4 is 11.1 Å². The van der Waals surface area contributed by atoms with Gasteiger partial charge in [-0.25, -0.2) is 4.39 Å². The molecule has 0 heterocycles. The van der Waals surface area contributed by atoms with E-state index in [0.717, 1.165) is 18.2 Å². The van der Waals surface area contributed by atoms with Gasteiger partial charge in [0.2, 0.25) is 0 Å². The van der Waals surface area contributed by atoms with E-state index in [1.807, 2.05) is 0 Å². The van der Waals surface area contributed by atoms with Crippen LogP contribution in [0.1, 0.15) is 0 Å². The molecule has 0 bridgehead atoms. The quantitative estimate of drug-likeness (QED) is 0.641. The van der Waals surface area contributed by atoms with E-state index in [1.54, 1.807) is 0 Å². The minimum absolute atomic E-state index is 0.300. The number of benzene rings is 1. The predicted molar refractivity (Wildman–Crippen MR) is 35.3 cm³/mol. The number of rotatable bonds is 1. The average molecular weight is 175 g/mol. The van der Waals surface area contributed by atoms with Crippen LogP contribution in [0.3, 0.4) is 0 Å². The molecule has 11 heavy (non-hydrogen) atoms. The van der Waals surface area contributed by atoms with Crippen LogP contribution in [0.25, 0.3) is 0 Å². The molecule has 0 aliphatic heterocycles. The largest absolute Gasteiger partial charge is 0.768 e. The van der Waals surface area contributed by atoms with E-state index in [0.29, 0.717) is 0 Å². The Kier molecular flexibility index (Phi) is 2.21. The van der Waals surface area contributed by atoms with Crippen LogP contribution in [-0.2, 0) is 11.1 Å². The molecule has 1 N–H and O–H groups in total. The lowest BCUT2D eigenvalue weighted by Gasteiger charge is -2.06. The second kappa shape index (κ2) is 2.98. The first-order valence-corrected chi connectivity index (χ1v) is 3.76. The normalized spacial score (nSPS) is 12.9. The van der Waals surface area contributed by atoms with Crippen molar-refractivity contribution in [3.63, 3.8) is 0 Å².